The summed E-state index contributed by atoms with van der Waals surface area (Å²) < 4.78 is 35.4. The predicted octanol–water partition coefficient (Wildman–Crippen LogP) is 5.89. The van der Waals surface area contributed by atoms with Gasteiger partial charge in [0.25, 0.3) is 11.8 Å². The third-order valence-corrected chi connectivity index (χ3v) is 7.49. The van der Waals surface area contributed by atoms with E-state index >= 15 is 4.39 Å². The van der Waals surface area contributed by atoms with Gasteiger partial charge in [-0.1, -0.05) is 18.2 Å². The van der Waals surface area contributed by atoms with E-state index in [1.807, 2.05) is 13.8 Å². The highest BCUT2D eigenvalue weighted by atomic mass is 19.1. The summed E-state index contributed by atoms with van der Waals surface area (Å²) in [6.45, 7) is 3.71. The molecule has 3 N–H and O–H groups in total. The van der Waals surface area contributed by atoms with E-state index in [9.17, 15) is 14.0 Å². The van der Waals surface area contributed by atoms with Crippen LogP contribution in [0, 0.1) is 25.5 Å². The van der Waals surface area contributed by atoms with Crippen molar-refractivity contribution in [1.82, 2.24) is 15.3 Å². The number of rotatable bonds is 7. The number of aromatic nitrogens is 2. The fraction of sp³-hybridized carbons (Fsp3) is 0.188. The molecule has 7 nitrogen and oxygen atoms in total. The maximum absolute atomic E-state index is 16.2. The Morgan fingerprint density at radius 2 is 1.68 bits per heavy atom. The van der Waals surface area contributed by atoms with Crippen molar-refractivity contribution in [2.75, 3.05) is 0 Å². The van der Waals surface area contributed by atoms with Gasteiger partial charge in [0.2, 0.25) is 0 Å². The number of nitrogens with two attached hydrogens (primary N) is 1. The summed E-state index contributed by atoms with van der Waals surface area (Å²) in [4.78, 5) is 34.6. The summed E-state index contributed by atoms with van der Waals surface area (Å²) in [5, 5.41) is 3.03. The SMILES string of the molecule is Cc1cnc(C2(NC(=O)c3ccc(C)c(-c4ccc5oc(Cc6ccc(F)cc6)c(C(N)=O)c5c4F)c3)CC2)nc1. The van der Waals surface area contributed by atoms with Gasteiger partial charge in [-0.15, -0.1) is 0 Å². The Bertz CT molecular complexity index is 1830. The number of fused-ring (bicyclic) bond motifs is 1. The summed E-state index contributed by atoms with van der Waals surface area (Å²) in [5.74, 6) is -1.49. The molecule has 9 heteroatoms. The van der Waals surface area contributed by atoms with E-state index in [2.05, 4.69) is 15.3 Å². The van der Waals surface area contributed by atoms with Gasteiger partial charge in [0.15, 0.2) is 5.82 Å². The molecule has 41 heavy (non-hydrogen) atoms. The molecule has 0 unspecified atom stereocenters. The Kier molecular flexibility index (Phi) is 6.37. The first-order chi connectivity index (χ1) is 19.6. The van der Waals surface area contributed by atoms with Gasteiger partial charge < -0.3 is 15.5 Å². The lowest BCUT2D eigenvalue weighted by Gasteiger charge is -2.17. The highest BCUT2D eigenvalue weighted by Crippen LogP contribution is 2.44. The zero-order chi connectivity index (χ0) is 28.9. The third kappa shape index (κ3) is 4.84. The minimum atomic E-state index is -0.838. The smallest absolute Gasteiger partial charge is 0.253 e. The number of nitrogens with zero attached hydrogens (tertiary/aromatic N) is 2. The average Bonchev–Trinajstić information content (AvgIpc) is 3.62. The standard InChI is InChI=1S/C32H26F2N4O3/c1-17-15-36-31(37-16-17)32(11-12-32)38-30(40)20-6-3-18(2)23(14-20)22-9-10-24-26(28(22)34)27(29(35)39)25(41-24)13-19-4-7-21(33)8-5-19/h3-10,14-16H,11-13H2,1-2H3,(H2,35,39)(H,38,40). The lowest BCUT2D eigenvalue weighted by Crippen LogP contribution is -2.36. The molecule has 1 aliphatic carbocycles. The van der Waals surface area contributed by atoms with Gasteiger partial charge in [-0.2, -0.15) is 0 Å². The number of carbonyl (C=O) groups is 2. The lowest BCUT2D eigenvalue weighted by molar-refractivity contribution is 0.0927. The van der Waals surface area contributed by atoms with Gasteiger partial charge in [-0.3, -0.25) is 9.59 Å². The number of hydrogen-bond donors (Lipinski definition) is 2. The Labute approximate surface area is 234 Å². The molecule has 1 fully saturated rings. The summed E-state index contributed by atoms with van der Waals surface area (Å²) in [6, 6.07) is 13.9. The quantitative estimate of drug-likeness (QED) is 0.261. The van der Waals surface area contributed by atoms with Crippen molar-refractivity contribution in [2.24, 2.45) is 5.73 Å². The number of hydrogen-bond acceptors (Lipinski definition) is 5. The molecule has 0 bridgehead atoms. The first kappa shape index (κ1) is 26.3. The molecule has 2 aromatic heterocycles. The van der Waals surface area contributed by atoms with E-state index in [1.54, 1.807) is 54.9 Å². The number of aryl methyl sites for hydroxylation is 2. The second kappa shape index (κ2) is 9.92. The topological polar surface area (TPSA) is 111 Å². The molecule has 0 spiro atoms. The Hall–Kier alpha value is -4.92. The van der Waals surface area contributed by atoms with Gasteiger partial charge >= 0.3 is 0 Å². The summed E-state index contributed by atoms with van der Waals surface area (Å²) in [5.41, 5.74) is 8.54. The molecular weight excluding hydrogens is 526 g/mol. The van der Waals surface area contributed by atoms with Crippen LogP contribution in [0.2, 0.25) is 0 Å². The largest absolute Gasteiger partial charge is 0.460 e. The first-order valence-electron chi connectivity index (χ1n) is 13.2. The van der Waals surface area contributed by atoms with Crippen molar-refractivity contribution in [3.63, 3.8) is 0 Å². The van der Waals surface area contributed by atoms with Crippen LogP contribution in [-0.4, -0.2) is 21.8 Å². The van der Waals surface area contributed by atoms with Gasteiger partial charge in [0.1, 0.15) is 28.5 Å². The highest BCUT2D eigenvalue weighted by molar-refractivity contribution is 6.08. The normalized spacial score (nSPS) is 13.8. The van der Waals surface area contributed by atoms with E-state index in [4.69, 9.17) is 10.2 Å². The molecule has 1 aliphatic rings. The van der Waals surface area contributed by atoms with Crippen molar-refractivity contribution in [3.05, 3.63) is 118 Å². The van der Waals surface area contributed by atoms with Crippen molar-refractivity contribution >= 4 is 22.8 Å². The molecule has 206 valence electrons. The third-order valence-electron chi connectivity index (χ3n) is 7.49. The van der Waals surface area contributed by atoms with Crippen LogP contribution in [0.25, 0.3) is 22.1 Å². The molecule has 0 saturated heterocycles. The molecule has 6 rings (SSSR count). The number of benzene rings is 3. The molecule has 2 amide bonds. The van der Waals surface area contributed by atoms with Crippen molar-refractivity contribution in [1.29, 1.82) is 0 Å². The number of halogens is 2. The Morgan fingerprint density at radius 3 is 2.34 bits per heavy atom. The highest BCUT2D eigenvalue weighted by Gasteiger charge is 2.48. The van der Waals surface area contributed by atoms with Crippen molar-refractivity contribution < 1.29 is 22.8 Å². The predicted molar refractivity (Wildman–Crippen MR) is 149 cm³/mol. The van der Waals surface area contributed by atoms with E-state index in [-0.39, 0.29) is 40.2 Å². The molecule has 0 aliphatic heterocycles. The minimum Gasteiger partial charge on any atom is -0.460 e. The number of carbonyl (C=O) groups excluding carboxylic acids is 2. The zero-order valence-electron chi connectivity index (χ0n) is 22.4. The van der Waals surface area contributed by atoms with E-state index < -0.39 is 23.1 Å². The number of nitrogens with one attached hydrogen (secondary N) is 1. The lowest BCUT2D eigenvalue weighted by atomic mass is 9.95. The van der Waals surface area contributed by atoms with Gasteiger partial charge in [-0.25, -0.2) is 18.7 Å². The zero-order valence-corrected chi connectivity index (χ0v) is 22.4. The van der Waals surface area contributed by atoms with Crippen molar-refractivity contribution in [2.45, 2.75) is 38.6 Å². The summed E-state index contributed by atoms with van der Waals surface area (Å²) in [6.07, 6.45) is 5.02. The summed E-state index contributed by atoms with van der Waals surface area (Å²) >= 11 is 0. The fourth-order valence-corrected chi connectivity index (χ4v) is 5.09. The van der Waals surface area contributed by atoms with Gasteiger partial charge in [0, 0.05) is 29.9 Å². The number of primary amides is 1. The van der Waals surface area contributed by atoms with Crippen molar-refractivity contribution in [3.8, 4) is 11.1 Å². The van der Waals surface area contributed by atoms with E-state index in [1.165, 1.54) is 12.1 Å². The number of furan rings is 1. The monoisotopic (exact) mass is 552 g/mol. The molecule has 0 radical (unpaired) electrons. The van der Waals surface area contributed by atoms with Crippen LogP contribution in [0.5, 0.6) is 0 Å². The molecular formula is C32H26F2N4O3. The van der Waals surface area contributed by atoms with Crippen LogP contribution < -0.4 is 11.1 Å². The fourth-order valence-electron chi connectivity index (χ4n) is 5.09. The van der Waals surface area contributed by atoms with Crippen LogP contribution in [0.4, 0.5) is 8.78 Å². The maximum atomic E-state index is 16.2. The second-order valence-electron chi connectivity index (χ2n) is 10.5. The van der Waals surface area contributed by atoms with E-state index in [0.717, 1.165) is 24.0 Å². The maximum Gasteiger partial charge on any atom is 0.253 e. The van der Waals surface area contributed by atoms with Gasteiger partial charge in [-0.05, 0) is 85.3 Å². The first-order valence-corrected chi connectivity index (χ1v) is 13.2. The minimum absolute atomic E-state index is 0.0326. The summed E-state index contributed by atoms with van der Waals surface area (Å²) in [7, 11) is 0. The average molecular weight is 553 g/mol. The van der Waals surface area contributed by atoms with Crippen LogP contribution in [-0.2, 0) is 12.0 Å². The second-order valence-corrected chi connectivity index (χ2v) is 10.5. The van der Waals surface area contributed by atoms with Crippen LogP contribution in [0.1, 0.15) is 61.8 Å². The molecule has 3 aromatic carbocycles. The van der Waals surface area contributed by atoms with E-state index in [0.29, 0.717) is 22.5 Å². The van der Waals surface area contributed by atoms with Crippen LogP contribution in [0.15, 0.2) is 71.4 Å². The Balaban J connectivity index is 1.36. The molecule has 1 saturated carbocycles. The van der Waals surface area contributed by atoms with Crippen LogP contribution in [0.3, 0.4) is 0 Å². The molecule has 0 atom stereocenters. The number of amides is 2. The Morgan fingerprint density at radius 1 is 0.976 bits per heavy atom. The molecule has 5 aromatic rings. The van der Waals surface area contributed by atoms with Gasteiger partial charge in [0.05, 0.1) is 10.9 Å². The van der Waals surface area contributed by atoms with Crippen LogP contribution >= 0.6 is 0 Å². The molecule has 2 heterocycles.